The minimum Gasteiger partial charge on any atom is -0.336 e. The molecule has 0 radical (unpaired) electrons. The maximum Gasteiger partial charge on any atom is 0.130 e. The zero-order valence-corrected chi connectivity index (χ0v) is 11.7. The Morgan fingerprint density at radius 3 is 2.78 bits per heavy atom. The van der Waals surface area contributed by atoms with Crippen molar-refractivity contribution in [1.82, 2.24) is 14.9 Å². The van der Waals surface area contributed by atoms with Gasteiger partial charge < -0.3 is 9.88 Å². The molecule has 0 saturated heterocycles. The highest BCUT2D eigenvalue weighted by atomic mass is 35.5. The Bertz CT molecular complexity index is 534. The third kappa shape index (κ3) is 2.57. The molecular weight excluding hydrogens is 246 g/mol. The van der Waals surface area contributed by atoms with Crippen molar-refractivity contribution in [3.05, 3.63) is 52.6 Å². The van der Waals surface area contributed by atoms with E-state index < -0.39 is 0 Å². The van der Waals surface area contributed by atoms with Crippen molar-refractivity contribution in [2.75, 3.05) is 6.54 Å². The largest absolute Gasteiger partial charge is 0.336 e. The van der Waals surface area contributed by atoms with E-state index >= 15 is 0 Å². The van der Waals surface area contributed by atoms with E-state index in [1.165, 1.54) is 0 Å². The number of rotatable bonds is 4. The molecule has 1 N–H and O–H groups in total. The fourth-order valence-electron chi connectivity index (χ4n) is 2.01. The van der Waals surface area contributed by atoms with E-state index in [1.807, 2.05) is 43.1 Å². The van der Waals surface area contributed by atoms with E-state index in [0.717, 1.165) is 28.5 Å². The number of hydrogen-bond acceptors (Lipinski definition) is 2. The standard InChI is InChI=1S/C14H18ClN3/c1-4-16-13(14-17-7-8-18(14)3)11-6-5-10(2)12(15)9-11/h5-9,13,16H,4H2,1-3H3. The molecule has 0 fully saturated rings. The molecule has 1 unspecified atom stereocenters. The lowest BCUT2D eigenvalue weighted by Gasteiger charge is -2.18. The van der Waals surface area contributed by atoms with Gasteiger partial charge in [-0.3, -0.25) is 0 Å². The topological polar surface area (TPSA) is 29.9 Å². The van der Waals surface area contributed by atoms with Crippen LogP contribution in [-0.4, -0.2) is 16.1 Å². The molecule has 0 bridgehead atoms. The van der Waals surface area contributed by atoms with Gasteiger partial charge in [0.05, 0.1) is 6.04 Å². The van der Waals surface area contributed by atoms with Crippen molar-refractivity contribution >= 4 is 11.6 Å². The Balaban J connectivity index is 2.41. The SMILES string of the molecule is CCNC(c1ccc(C)c(Cl)c1)c1nccn1C. The molecule has 3 nitrogen and oxygen atoms in total. The highest BCUT2D eigenvalue weighted by Gasteiger charge is 2.17. The molecule has 0 aliphatic carbocycles. The van der Waals surface area contributed by atoms with Crippen molar-refractivity contribution in [2.24, 2.45) is 7.05 Å². The van der Waals surface area contributed by atoms with Gasteiger partial charge in [-0.05, 0) is 30.7 Å². The smallest absolute Gasteiger partial charge is 0.130 e. The molecule has 96 valence electrons. The van der Waals surface area contributed by atoms with Gasteiger partial charge in [-0.1, -0.05) is 30.7 Å². The first-order chi connectivity index (χ1) is 8.63. The number of imidazole rings is 1. The second kappa shape index (κ2) is 5.55. The second-order valence-corrected chi connectivity index (χ2v) is 4.80. The van der Waals surface area contributed by atoms with Crippen molar-refractivity contribution < 1.29 is 0 Å². The van der Waals surface area contributed by atoms with Gasteiger partial charge in [-0.2, -0.15) is 0 Å². The lowest BCUT2D eigenvalue weighted by molar-refractivity contribution is 0.577. The molecule has 0 aliphatic heterocycles. The van der Waals surface area contributed by atoms with Gasteiger partial charge in [0.25, 0.3) is 0 Å². The van der Waals surface area contributed by atoms with Crippen LogP contribution in [-0.2, 0) is 7.05 Å². The van der Waals surface area contributed by atoms with Crippen molar-refractivity contribution in [3.8, 4) is 0 Å². The van der Waals surface area contributed by atoms with E-state index in [1.54, 1.807) is 0 Å². The summed E-state index contributed by atoms with van der Waals surface area (Å²) >= 11 is 6.20. The summed E-state index contributed by atoms with van der Waals surface area (Å²) in [6.45, 7) is 4.98. The number of benzene rings is 1. The van der Waals surface area contributed by atoms with E-state index in [4.69, 9.17) is 11.6 Å². The first-order valence-corrected chi connectivity index (χ1v) is 6.48. The van der Waals surface area contributed by atoms with Gasteiger partial charge in [0.15, 0.2) is 0 Å². The van der Waals surface area contributed by atoms with Gasteiger partial charge in [0, 0.05) is 24.5 Å². The Hall–Kier alpha value is -1.32. The van der Waals surface area contributed by atoms with Crippen LogP contribution in [0.1, 0.15) is 29.9 Å². The monoisotopic (exact) mass is 263 g/mol. The van der Waals surface area contributed by atoms with Crippen molar-refractivity contribution in [1.29, 1.82) is 0 Å². The minimum absolute atomic E-state index is 0.0769. The van der Waals surface area contributed by atoms with Gasteiger partial charge in [0.2, 0.25) is 0 Å². The third-order valence-electron chi connectivity index (χ3n) is 3.05. The molecular formula is C14H18ClN3. The molecule has 0 aliphatic rings. The number of aromatic nitrogens is 2. The quantitative estimate of drug-likeness (QED) is 0.919. The van der Waals surface area contributed by atoms with Gasteiger partial charge in [-0.15, -0.1) is 0 Å². The van der Waals surface area contributed by atoms with Crippen LogP contribution in [0, 0.1) is 6.92 Å². The van der Waals surface area contributed by atoms with Crippen LogP contribution >= 0.6 is 11.6 Å². The lowest BCUT2D eigenvalue weighted by atomic mass is 10.0. The van der Waals surface area contributed by atoms with Crippen LogP contribution < -0.4 is 5.32 Å². The minimum atomic E-state index is 0.0769. The fraction of sp³-hybridized carbons (Fsp3) is 0.357. The normalized spacial score (nSPS) is 12.7. The predicted octanol–water partition coefficient (Wildman–Crippen LogP) is 3.08. The average Bonchev–Trinajstić information content (AvgIpc) is 2.76. The Morgan fingerprint density at radius 1 is 1.44 bits per heavy atom. The van der Waals surface area contributed by atoms with Gasteiger partial charge >= 0.3 is 0 Å². The molecule has 1 aromatic heterocycles. The lowest BCUT2D eigenvalue weighted by Crippen LogP contribution is -2.24. The molecule has 18 heavy (non-hydrogen) atoms. The predicted molar refractivity (Wildman–Crippen MR) is 74.9 cm³/mol. The van der Waals surface area contributed by atoms with E-state index in [2.05, 4.69) is 23.3 Å². The van der Waals surface area contributed by atoms with E-state index in [0.29, 0.717) is 0 Å². The zero-order valence-electron chi connectivity index (χ0n) is 10.9. The molecule has 2 rings (SSSR count). The molecule has 1 aromatic carbocycles. The number of halogens is 1. The summed E-state index contributed by atoms with van der Waals surface area (Å²) < 4.78 is 2.03. The maximum atomic E-state index is 6.20. The zero-order chi connectivity index (χ0) is 13.1. The van der Waals surface area contributed by atoms with Crippen LogP contribution in [0.15, 0.2) is 30.6 Å². The Kier molecular flexibility index (Phi) is 4.04. The molecule has 0 saturated carbocycles. The van der Waals surface area contributed by atoms with Crippen molar-refractivity contribution in [2.45, 2.75) is 19.9 Å². The van der Waals surface area contributed by atoms with E-state index in [-0.39, 0.29) is 6.04 Å². The van der Waals surface area contributed by atoms with E-state index in [9.17, 15) is 0 Å². The summed E-state index contributed by atoms with van der Waals surface area (Å²) in [7, 11) is 2.00. The van der Waals surface area contributed by atoms with Crippen LogP contribution in [0.2, 0.25) is 5.02 Å². The third-order valence-corrected chi connectivity index (χ3v) is 3.46. The number of hydrogen-bond donors (Lipinski definition) is 1. The summed E-state index contributed by atoms with van der Waals surface area (Å²) in [5, 5.41) is 4.24. The second-order valence-electron chi connectivity index (χ2n) is 4.40. The molecule has 1 atom stereocenters. The Labute approximate surface area is 113 Å². The van der Waals surface area contributed by atoms with Crippen molar-refractivity contribution in [3.63, 3.8) is 0 Å². The Morgan fingerprint density at radius 2 is 2.22 bits per heavy atom. The maximum absolute atomic E-state index is 6.20. The summed E-state index contributed by atoms with van der Waals surface area (Å²) in [6.07, 6.45) is 3.77. The van der Waals surface area contributed by atoms with Gasteiger partial charge in [0.1, 0.15) is 5.82 Å². The summed E-state index contributed by atoms with van der Waals surface area (Å²) in [4.78, 5) is 4.42. The number of aryl methyl sites for hydroxylation is 2. The fourth-order valence-corrected chi connectivity index (χ4v) is 2.20. The molecule has 4 heteroatoms. The average molecular weight is 264 g/mol. The molecule has 2 aromatic rings. The highest BCUT2D eigenvalue weighted by molar-refractivity contribution is 6.31. The van der Waals surface area contributed by atoms with Gasteiger partial charge in [-0.25, -0.2) is 4.98 Å². The summed E-state index contributed by atoms with van der Waals surface area (Å²) in [6, 6.07) is 6.24. The van der Waals surface area contributed by atoms with Crippen LogP contribution in [0.3, 0.4) is 0 Å². The highest BCUT2D eigenvalue weighted by Crippen LogP contribution is 2.25. The summed E-state index contributed by atoms with van der Waals surface area (Å²) in [5.74, 6) is 0.997. The first kappa shape index (κ1) is 13.1. The van der Waals surface area contributed by atoms with Crippen LogP contribution in [0.5, 0.6) is 0 Å². The molecule has 0 amide bonds. The number of nitrogens with zero attached hydrogens (tertiary/aromatic N) is 2. The molecule has 1 heterocycles. The molecule has 0 spiro atoms. The number of nitrogens with one attached hydrogen (secondary N) is 1. The van der Waals surface area contributed by atoms with Crippen LogP contribution in [0.4, 0.5) is 0 Å². The first-order valence-electron chi connectivity index (χ1n) is 6.10. The summed E-state index contributed by atoms with van der Waals surface area (Å²) in [5.41, 5.74) is 2.23. The van der Waals surface area contributed by atoms with Crippen LogP contribution in [0.25, 0.3) is 0 Å².